The largest absolute Gasteiger partial charge is 0.295 e. The van der Waals surface area contributed by atoms with Crippen molar-refractivity contribution < 1.29 is 8.42 Å². The highest BCUT2D eigenvalue weighted by atomic mass is 32.2. The number of nitrogens with zero attached hydrogens (tertiary/aromatic N) is 2. The molecule has 5 nitrogen and oxygen atoms in total. The molecule has 0 radical (unpaired) electrons. The number of aryl methyl sites for hydroxylation is 1. The Morgan fingerprint density at radius 1 is 1.14 bits per heavy atom. The number of benzene rings is 1. The van der Waals surface area contributed by atoms with E-state index in [9.17, 15) is 8.42 Å². The summed E-state index contributed by atoms with van der Waals surface area (Å²) in [5.74, 6) is 0. The highest BCUT2D eigenvalue weighted by Crippen LogP contribution is 2.24. The molecule has 1 aliphatic heterocycles. The summed E-state index contributed by atoms with van der Waals surface area (Å²) in [4.78, 5) is 2.40. The molecule has 2 rings (SSSR count). The minimum absolute atomic E-state index is 0.0932. The fourth-order valence-corrected chi connectivity index (χ4v) is 3.42. The lowest BCUT2D eigenvalue weighted by molar-refractivity contribution is 0.164. The van der Waals surface area contributed by atoms with E-state index in [0.29, 0.717) is 6.54 Å². The molecule has 1 aliphatic rings. The van der Waals surface area contributed by atoms with Crippen molar-refractivity contribution in [2.75, 3.05) is 33.7 Å². The smallest absolute Gasteiger partial charge is 0.278 e. The minimum atomic E-state index is -3.39. The lowest BCUT2D eigenvalue weighted by Crippen LogP contribution is -2.43. The topological polar surface area (TPSA) is 52.7 Å². The first-order valence-corrected chi connectivity index (χ1v) is 9.32. The van der Waals surface area contributed by atoms with Gasteiger partial charge in [0.05, 0.1) is 0 Å². The molecular formula is C16H27N3O2S. The predicted molar refractivity (Wildman–Crippen MR) is 90.0 cm³/mol. The molecule has 1 N–H and O–H groups in total. The summed E-state index contributed by atoms with van der Waals surface area (Å²) in [6, 6.07) is 8.49. The molecule has 1 unspecified atom stereocenters. The van der Waals surface area contributed by atoms with Crippen LogP contribution in [0.1, 0.15) is 36.4 Å². The summed E-state index contributed by atoms with van der Waals surface area (Å²) in [6.07, 6.45) is 3.63. The molecule has 0 aromatic heterocycles. The van der Waals surface area contributed by atoms with Crippen LogP contribution in [0.3, 0.4) is 0 Å². The molecule has 22 heavy (non-hydrogen) atoms. The van der Waals surface area contributed by atoms with Crippen LogP contribution in [0.5, 0.6) is 0 Å². The van der Waals surface area contributed by atoms with Gasteiger partial charge in [0.15, 0.2) is 0 Å². The SMILES string of the molecule is Cc1ccc(C(CNS(=O)(=O)N(C)C)N2CCCCC2)cc1. The van der Waals surface area contributed by atoms with Crippen molar-refractivity contribution in [3.05, 3.63) is 35.4 Å². The Kier molecular flexibility index (Phi) is 5.97. The van der Waals surface area contributed by atoms with Gasteiger partial charge in [0.25, 0.3) is 10.2 Å². The highest BCUT2D eigenvalue weighted by Gasteiger charge is 2.24. The third-order valence-electron chi connectivity index (χ3n) is 4.23. The molecule has 1 aromatic carbocycles. The number of nitrogens with one attached hydrogen (secondary N) is 1. The van der Waals surface area contributed by atoms with E-state index in [1.165, 1.54) is 34.7 Å². The molecule has 0 spiro atoms. The molecule has 0 aliphatic carbocycles. The fourth-order valence-electron chi connectivity index (χ4n) is 2.79. The number of hydrogen-bond donors (Lipinski definition) is 1. The molecule has 0 bridgehead atoms. The predicted octanol–water partition coefficient (Wildman–Crippen LogP) is 1.92. The quantitative estimate of drug-likeness (QED) is 0.869. The summed E-state index contributed by atoms with van der Waals surface area (Å²) in [6.45, 7) is 4.53. The van der Waals surface area contributed by atoms with Gasteiger partial charge in [-0.1, -0.05) is 36.2 Å². The lowest BCUT2D eigenvalue weighted by Gasteiger charge is -2.35. The van der Waals surface area contributed by atoms with Gasteiger partial charge in [-0.25, -0.2) is 4.72 Å². The standard InChI is InChI=1S/C16H27N3O2S/c1-14-7-9-15(10-8-14)16(19-11-5-4-6-12-19)13-17-22(20,21)18(2)3/h7-10,16-17H,4-6,11-13H2,1-3H3. The molecule has 1 aromatic rings. The van der Waals surface area contributed by atoms with Crippen LogP contribution in [-0.4, -0.2) is 51.4 Å². The van der Waals surface area contributed by atoms with Crippen LogP contribution in [0.15, 0.2) is 24.3 Å². The average Bonchev–Trinajstić information content (AvgIpc) is 2.50. The molecule has 1 saturated heterocycles. The fraction of sp³-hybridized carbons (Fsp3) is 0.625. The maximum atomic E-state index is 12.0. The van der Waals surface area contributed by atoms with Crippen LogP contribution in [-0.2, 0) is 10.2 Å². The van der Waals surface area contributed by atoms with E-state index in [1.54, 1.807) is 14.1 Å². The maximum absolute atomic E-state index is 12.0. The summed E-state index contributed by atoms with van der Waals surface area (Å²) in [5.41, 5.74) is 2.39. The Hall–Kier alpha value is -0.950. The molecule has 1 atom stereocenters. The van der Waals surface area contributed by atoms with Gasteiger partial charge in [0, 0.05) is 26.7 Å². The van der Waals surface area contributed by atoms with Crippen molar-refractivity contribution in [1.29, 1.82) is 0 Å². The van der Waals surface area contributed by atoms with Crippen LogP contribution in [0.2, 0.25) is 0 Å². The number of likely N-dealkylation sites (tertiary alicyclic amines) is 1. The van der Waals surface area contributed by atoms with Crippen LogP contribution in [0.4, 0.5) is 0 Å². The first-order chi connectivity index (χ1) is 10.4. The van der Waals surface area contributed by atoms with E-state index in [1.807, 2.05) is 0 Å². The van der Waals surface area contributed by atoms with E-state index < -0.39 is 10.2 Å². The van der Waals surface area contributed by atoms with Crippen molar-refractivity contribution in [2.24, 2.45) is 0 Å². The molecule has 6 heteroatoms. The molecule has 0 amide bonds. The lowest BCUT2D eigenvalue weighted by atomic mass is 10.0. The van der Waals surface area contributed by atoms with Crippen LogP contribution in [0, 0.1) is 6.92 Å². The van der Waals surface area contributed by atoms with Crippen molar-refractivity contribution in [3.8, 4) is 0 Å². The Morgan fingerprint density at radius 3 is 2.27 bits per heavy atom. The zero-order valence-corrected chi connectivity index (χ0v) is 14.6. The van der Waals surface area contributed by atoms with Gasteiger partial charge in [-0.15, -0.1) is 0 Å². The number of rotatable bonds is 6. The van der Waals surface area contributed by atoms with Crippen molar-refractivity contribution in [1.82, 2.24) is 13.9 Å². The zero-order chi connectivity index (χ0) is 16.2. The third-order valence-corrected chi connectivity index (χ3v) is 5.73. The summed E-state index contributed by atoms with van der Waals surface area (Å²) < 4.78 is 27.9. The van der Waals surface area contributed by atoms with Crippen LogP contribution < -0.4 is 4.72 Å². The second kappa shape index (κ2) is 7.55. The maximum Gasteiger partial charge on any atom is 0.278 e. The van der Waals surface area contributed by atoms with E-state index in [-0.39, 0.29) is 6.04 Å². The Bertz CT molecular complexity index is 564. The summed E-state index contributed by atoms with van der Waals surface area (Å²) in [5, 5.41) is 0. The van der Waals surface area contributed by atoms with Crippen LogP contribution in [0.25, 0.3) is 0 Å². The van der Waals surface area contributed by atoms with E-state index in [4.69, 9.17) is 0 Å². The van der Waals surface area contributed by atoms with Gasteiger partial charge >= 0.3 is 0 Å². The third kappa shape index (κ3) is 4.52. The minimum Gasteiger partial charge on any atom is -0.295 e. The number of piperidine rings is 1. The van der Waals surface area contributed by atoms with Crippen molar-refractivity contribution in [2.45, 2.75) is 32.2 Å². The monoisotopic (exact) mass is 325 g/mol. The van der Waals surface area contributed by atoms with Gasteiger partial charge in [-0.05, 0) is 38.4 Å². The van der Waals surface area contributed by atoms with Crippen molar-refractivity contribution >= 4 is 10.2 Å². The first kappa shape index (κ1) is 17.4. The molecule has 124 valence electrons. The molecular weight excluding hydrogens is 298 g/mol. The second-order valence-electron chi connectivity index (χ2n) is 6.16. The van der Waals surface area contributed by atoms with E-state index >= 15 is 0 Å². The van der Waals surface area contributed by atoms with Gasteiger partial charge in [0.1, 0.15) is 0 Å². The summed E-state index contributed by atoms with van der Waals surface area (Å²) >= 11 is 0. The van der Waals surface area contributed by atoms with Gasteiger partial charge in [0.2, 0.25) is 0 Å². The van der Waals surface area contributed by atoms with E-state index in [2.05, 4.69) is 40.8 Å². The van der Waals surface area contributed by atoms with Gasteiger partial charge in [-0.2, -0.15) is 12.7 Å². The Balaban J connectivity index is 2.16. The normalized spacial score (nSPS) is 18.5. The average molecular weight is 325 g/mol. The highest BCUT2D eigenvalue weighted by molar-refractivity contribution is 7.87. The van der Waals surface area contributed by atoms with Gasteiger partial charge < -0.3 is 0 Å². The molecule has 0 saturated carbocycles. The Morgan fingerprint density at radius 2 is 1.73 bits per heavy atom. The second-order valence-corrected chi connectivity index (χ2v) is 8.13. The summed E-state index contributed by atoms with van der Waals surface area (Å²) in [7, 11) is -0.300. The Labute approximate surface area is 134 Å². The van der Waals surface area contributed by atoms with Crippen molar-refractivity contribution in [3.63, 3.8) is 0 Å². The number of hydrogen-bond acceptors (Lipinski definition) is 3. The molecule has 1 heterocycles. The van der Waals surface area contributed by atoms with Gasteiger partial charge in [-0.3, -0.25) is 4.90 Å². The van der Waals surface area contributed by atoms with Crippen LogP contribution >= 0.6 is 0 Å². The molecule has 1 fully saturated rings. The zero-order valence-electron chi connectivity index (χ0n) is 13.7. The first-order valence-electron chi connectivity index (χ1n) is 7.88. The van der Waals surface area contributed by atoms with E-state index in [0.717, 1.165) is 13.1 Å².